The van der Waals surface area contributed by atoms with Gasteiger partial charge in [0, 0.05) is 12.3 Å². The van der Waals surface area contributed by atoms with E-state index in [4.69, 9.17) is 0 Å². The Hall–Kier alpha value is -2.85. The molecule has 0 bridgehead atoms. The maximum Gasteiger partial charge on any atom is 0.422 e. The van der Waals surface area contributed by atoms with Gasteiger partial charge in [-0.15, -0.1) is 10.2 Å². The van der Waals surface area contributed by atoms with Gasteiger partial charge in [0.25, 0.3) is 6.43 Å². The van der Waals surface area contributed by atoms with Crippen LogP contribution in [0.15, 0.2) is 35.4 Å². The smallest absolute Gasteiger partial charge is 0.422 e. The topological polar surface area (TPSA) is 64.7 Å². The second-order valence-electron chi connectivity index (χ2n) is 4.78. The van der Waals surface area contributed by atoms with E-state index in [2.05, 4.69) is 31.6 Å². The highest BCUT2D eigenvalue weighted by molar-refractivity contribution is 5.62. The lowest BCUT2D eigenvalue weighted by Crippen LogP contribution is -2.16. The zero-order chi connectivity index (χ0) is 18.6. The van der Waals surface area contributed by atoms with Crippen molar-refractivity contribution < 1.29 is 26.7 Å². The minimum atomic E-state index is -4.50. The van der Waals surface area contributed by atoms with Crippen LogP contribution in [0, 0.1) is 0 Å². The summed E-state index contributed by atoms with van der Waals surface area (Å²) in [5.74, 6) is -0.876. The normalized spacial score (nSPS) is 13.6. The van der Waals surface area contributed by atoms with Crippen LogP contribution in [0.25, 0.3) is 11.2 Å². The Morgan fingerprint density at radius 2 is 2.08 bits per heavy atom. The summed E-state index contributed by atoms with van der Waals surface area (Å²) >= 11 is 0. The fraction of sp³-hybridized carbons (Fsp3) is 0.286. The van der Waals surface area contributed by atoms with Crippen molar-refractivity contribution in [3.05, 3.63) is 41.9 Å². The van der Waals surface area contributed by atoms with E-state index < -0.39 is 25.0 Å². The first-order valence-corrected chi connectivity index (χ1v) is 6.75. The van der Waals surface area contributed by atoms with E-state index in [0.29, 0.717) is 11.3 Å². The highest BCUT2D eigenvalue weighted by atomic mass is 19.4. The molecule has 0 atom stereocenters. The summed E-state index contributed by atoms with van der Waals surface area (Å²) in [4.78, 5) is 7.37. The molecule has 0 saturated heterocycles. The molecule has 11 heteroatoms. The molecule has 0 aromatic carbocycles. The largest absolute Gasteiger partial charge is 0.468 e. The van der Waals surface area contributed by atoms with Crippen LogP contribution in [0.5, 0.6) is 0 Å². The number of ether oxygens (including phenoxy) is 1. The Morgan fingerprint density at radius 1 is 1.36 bits per heavy atom. The fourth-order valence-electron chi connectivity index (χ4n) is 1.76. The van der Waals surface area contributed by atoms with Crippen LogP contribution >= 0.6 is 0 Å². The van der Waals surface area contributed by atoms with Gasteiger partial charge in [-0.05, 0) is 19.2 Å². The molecular formula is C14H12F5N5O. The maximum absolute atomic E-state index is 12.8. The number of nitrogens with zero attached hydrogens (tertiary/aromatic N) is 5. The van der Waals surface area contributed by atoms with Gasteiger partial charge in [0.1, 0.15) is 0 Å². The first-order chi connectivity index (χ1) is 11.7. The molecule has 0 fully saturated rings. The zero-order valence-electron chi connectivity index (χ0n) is 12.8. The van der Waals surface area contributed by atoms with Gasteiger partial charge in [-0.2, -0.15) is 13.2 Å². The van der Waals surface area contributed by atoms with E-state index >= 15 is 0 Å². The van der Waals surface area contributed by atoms with Crippen LogP contribution in [-0.2, 0) is 4.74 Å². The van der Waals surface area contributed by atoms with Gasteiger partial charge in [0.05, 0.1) is 11.9 Å². The van der Waals surface area contributed by atoms with E-state index in [0.717, 1.165) is 4.40 Å². The van der Waals surface area contributed by atoms with E-state index in [9.17, 15) is 22.0 Å². The van der Waals surface area contributed by atoms with Gasteiger partial charge < -0.3 is 4.74 Å². The number of rotatable bonds is 6. The SMILES string of the molecule is C=N/C(=C\C=C(/C)c1cn2c(C(F)F)nnc2cn1)OCC(F)(F)F. The van der Waals surface area contributed by atoms with Crippen molar-refractivity contribution in [3.63, 3.8) is 0 Å². The van der Waals surface area contributed by atoms with Crippen LogP contribution in [0.4, 0.5) is 22.0 Å². The van der Waals surface area contributed by atoms with Crippen LogP contribution in [-0.4, -0.2) is 39.1 Å². The standard InChI is InChI=1S/C14H12F5N5O/c1-8(3-4-11(20-2)25-7-14(17,18)19)9-6-24-10(5-21-9)22-23-13(24)12(15)16/h3-6,12H,2,7H2,1H3/b8-3+,11-4+. The minimum absolute atomic E-state index is 0.143. The van der Waals surface area contributed by atoms with Gasteiger partial charge in [-0.3, -0.25) is 9.38 Å². The predicted octanol–water partition coefficient (Wildman–Crippen LogP) is 3.59. The van der Waals surface area contributed by atoms with Crippen molar-refractivity contribution >= 4 is 17.9 Å². The lowest BCUT2D eigenvalue weighted by Gasteiger charge is -2.08. The van der Waals surface area contributed by atoms with Gasteiger partial charge >= 0.3 is 6.18 Å². The Bertz CT molecular complexity index is 825. The molecule has 0 saturated carbocycles. The Morgan fingerprint density at radius 3 is 2.68 bits per heavy atom. The summed E-state index contributed by atoms with van der Waals surface area (Å²) < 4.78 is 67.6. The molecule has 2 heterocycles. The molecular weight excluding hydrogens is 349 g/mol. The molecule has 0 aliphatic heterocycles. The molecule has 25 heavy (non-hydrogen) atoms. The van der Waals surface area contributed by atoms with Crippen molar-refractivity contribution in [2.45, 2.75) is 19.5 Å². The molecule has 2 aromatic rings. The van der Waals surface area contributed by atoms with Gasteiger partial charge in [0.2, 0.25) is 11.7 Å². The summed E-state index contributed by atoms with van der Waals surface area (Å²) in [6.07, 6.45) is -2.23. The first-order valence-electron chi connectivity index (χ1n) is 6.75. The van der Waals surface area contributed by atoms with Crippen molar-refractivity contribution in [1.82, 2.24) is 19.6 Å². The lowest BCUT2D eigenvalue weighted by atomic mass is 10.2. The highest BCUT2D eigenvalue weighted by Gasteiger charge is 2.28. The zero-order valence-corrected chi connectivity index (χ0v) is 12.8. The summed E-state index contributed by atoms with van der Waals surface area (Å²) in [6.45, 7) is 3.20. The molecule has 0 spiro atoms. The maximum atomic E-state index is 12.8. The number of allylic oxidation sites excluding steroid dienone is 3. The van der Waals surface area contributed by atoms with E-state index in [1.807, 2.05) is 0 Å². The Balaban J connectivity index is 2.26. The molecule has 6 nitrogen and oxygen atoms in total. The summed E-state index contributed by atoms with van der Waals surface area (Å²) in [6, 6.07) is 0. The molecule has 0 aliphatic rings. The minimum Gasteiger partial charge on any atom is -0.468 e. The van der Waals surface area contributed by atoms with Crippen molar-refractivity contribution in [2.75, 3.05) is 6.61 Å². The molecule has 2 rings (SSSR count). The van der Waals surface area contributed by atoms with E-state index in [1.54, 1.807) is 6.92 Å². The summed E-state index contributed by atoms with van der Waals surface area (Å²) in [5, 5.41) is 6.94. The molecule has 0 N–H and O–H groups in total. The average Bonchev–Trinajstić information content (AvgIpc) is 2.97. The number of fused-ring (bicyclic) bond motifs is 1. The number of aromatic nitrogens is 4. The molecule has 0 amide bonds. The third-order valence-corrected chi connectivity index (χ3v) is 2.93. The molecule has 2 aromatic heterocycles. The number of hydrogen-bond acceptors (Lipinski definition) is 5. The summed E-state index contributed by atoms with van der Waals surface area (Å²) in [5.41, 5.74) is 0.904. The van der Waals surface area contributed by atoms with Gasteiger partial charge in [0.15, 0.2) is 12.3 Å². The third kappa shape index (κ3) is 4.81. The average molecular weight is 361 g/mol. The number of alkyl halides is 5. The summed E-state index contributed by atoms with van der Waals surface area (Å²) in [7, 11) is 0. The van der Waals surface area contributed by atoms with Crippen LogP contribution in [0.2, 0.25) is 0 Å². The Kier molecular flexibility index (Phi) is 5.45. The fourth-order valence-corrected chi connectivity index (χ4v) is 1.76. The van der Waals surface area contributed by atoms with E-state index in [1.165, 1.54) is 24.5 Å². The number of halogens is 5. The van der Waals surface area contributed by atoms with Crippen molar-refractivity contribution in [1.29, 1.82) is 0 Å². The highest BCUT2D eigenvalue weighted by Crippen LogP contribution is 2.20. The molecule has 0 radical (unpaired) electrons. The number of hydrogen-bond donors (Lipinski definition) is 0. The second-order valence-corrected chi connectivity index (χ2v) is 4.78. The van der Waals surface area contributed by atoms with Gasteiger partial charge in [-0.25, -0.2) is 13.8 Å². The second kappa shape index (κ2) is 7.36. The van der Waals surface area contributed by atoms with Crippen molar-refractivity contribution in [2.24, 2.45) is 4.99 Å². The molecule has 134 valence electrons. The quantitative estimate of drug-likeness (QED) is 0.341. The molecule has 0 aliphatic carbocycles. The van der Waals surface area contributed by atoms with Gasteiger partial charge in [-0.1, -0.05) is 6.08 Å². The monoisotopic (exact) mass is 361 g/mol. The lowest BCUT2D eigenvalue weighted by molar-refractivity contribution is -0.164. The van der Waals surface area contributed by atoms with Crippen molar-refractivity contribution in [3.8, 4) is 0 Å². The Labute approximate surface area is 138 Å². The predicted molar refractivity (Wildman–Crippen MR) is 79.0 cm³/mol. The first kappa shape index (κ1) is 18.5. The molecule has 0 unspecified atom stereocenters. The van der Waals surface area contributed by atoms with Crippen LogP contribution < -0.4 is 0 Å². The van der Waals surface area contributed by atoms with Crippen LogP contribution in [0.1, 0.15) is 24.9 Å². The third-order valence-electron chi connectivity index (χ3n) is 2.93. The van der Waals surface area contributed by atoms with E-state index in [-0.39, 0.29) is 11.5 Å². The van der Waals surface area contributed by atoms with Crippen LogP contribution in [0.3, 0.4) is 0 Å². The number of aliphatic imine (C=N–C) groups is 1.